The fraction of sp³-hybridized carbons (Fsp3) is 0.875. The topological polar surface area (TPSA) is 17.1 Å². The zero-order valence-corrected chi connectivity index (χ0v) is 7.19. The zero-order valence-electron chi connectivity index (χ0n) is 7.19. The number of alkyl halides is 3. The molecule has 0 fully saturated rings. The lowest BCUT2D eigenvalue weighted by atomic mass is 9.94. The van der Waals surface area contributed by atoms with Crippen LogP contribution in [0.25, 0.3) is 0 Å². The summed E-state index contributed by atoms with van der Waals surface area (Å²) in [5, 5.41) is 0. The maximum Gasteiger partial charge on any atom is 0.392 e. The van der Waals surface area contributed by atoms with Crippen molar-refractivity contribution in [2.75, 3.05) is 0 Å². The first-order chi connectivity index (χ1) is 5.38. The lowest BCUT2D eigenvalue weighted by Gasteiger charge is -2.19. The Labute approximate surface area is 70.0 Å². The Bertz CT molecular complexity index is 140. The van der Waals surface area contributed by atoms with Crippen molar-refractivity contribution in [1.29, 1.82) is 0 Å². The highest BCUT2D eigenvalue weighted by atomic mass is 19.4. The van der Waals surface area contributed by atoms with Crippen molar-refractivity contribution in [3.05, 3.63) is 0 Å². The molecular formula is C8H13F3O. The van der Waals surface area contributed by atoms with Gasteiger partial charge in [0.2, 0.25) is 0 Å². The molecule has 0 rings (SSSR count). The van der Waals surface area contributed by atoms with Crippen molar-refractivity contribution >= 4 is 6.29 Å². The standard InChI is InChI=1S/C8H13F3O/c1-6(2)5-7(3-4-12)8(9,10)11/h4,6-7H,3,5H2,1-2H3. The second-order valence-electron chi connectivity index (χ2n) is 3.27. The van der Waals surface area contributed by atoms with Gasteiger partial charge in [0.1, 0.15) is 6.29 Å². The third kappa shape index (κ3) is 4.36. The summed E-state index contributed by atoms with van der Waals surface area (Å²) >= 11 is 0. The summed E-state index contributed by atoms with van der Waals surface area (Å²) in [4.78, 5) is 9.94. The number of rotatable bonds is 4. The maximum atomic E-state index is 12.1. The molecule has 0 spiro atoms. The lowest BCUT2D eigenvalue weighted by molar-refractivity contribution is -0.180. The van der Waals surface area contributed by atoms with Crippen molar-refractivity contribution in [2.45, 2.75) is 32.9 Å². The van der Waals surface area contributed by atoms with Crippen LogP contribution in [0.15, 0.2) is 0 Å². The summed E-state index contributed by atoms with van der Waals surface area (Å²) in [6.45, 7) is 3.42. The Morgan fingerprint density at radius 2 is 1.83 bits per heavy atom. The predicted molar refractivity (Wildman–Crippen MR) is 39.7 cm³/mol. The van der Waals surface area contributed by atoms with Gasteiger partial charge in [0.15, 0.2) is 0 Å². The number of carbonyl (C=O) groups excluding carboxylic acids is 1. The van der Waals surface area contributed by atoms with E-state index < -0.39 is 18.5 Å². The van der Waals surface area contributed by atoms with E-state index in [1.807, 2.05) is 0 Å². The average Bonchev–Trinajstić information content (AvgIpc) is 1.83. The molecule has 0 saturated heterocycles. The van der Waals surface area contributed by atoms with Gasteiger partial charge in [-0.25, -0.2) is 0 Å². The Kier molecular flexibility index (Phi) is 4.28. The van der Waals surface area contributed by atoms with Crippen LogP contribution in [0.4, 0.5) is 13.2 Å². The van der Waals surface area contributed by atoms with Gasteiger partial charge >= 0.3 is 6.18 Å². The minimum absolute atomic E-state index is 0.0300. The summed E-state index contributed by atoms with van der Waals surface area (Å²) in [6.07, 6.45) is -4.28. The third-order valence-electron chi connectivity index (χ3n) is 1.60. The number of aldehydes is 1. The van der Waals surface area contributed by atoms with Crippen LogP contribution in [0.3, 0.4) is 0 Å². The largest absolute Gasteiger partial charge is 0.392 e. The molecule has 0 aromatic rings. The van der Waals surface area contributed by atoms with Gasteiger partial charge in [-0.05, 0) is 12.3 Å². The van der Waals surface area contributed by atoms with E-state index in [0.717, 1.165) is 0 Å². The number of carbonyl (C=O) groups is 1. The fourth-order valence-corrected chi connectivity index (χ4v) is 1.05. The summed E-state index contributed by atoms with van der Waals surface area (Å²) < 4.78 is 36.3. The van der Waals surface area contributed by atoms with E-state index in [0.29, 0.717) is 6.29 Å². The first kappa shape index (κ1) is 11.5. The monoisotopic (exact) mass is 182 g/mol. The van der Waals surface area contributed by atoms with Crippen molar-refractivity contribution < 1.29 is 18.0 Å². The number of halogens is 3. The average molecular weight is 182 g/mol. The molecule has 4 heteroatoms. The quantitative estimate of drug-likeness (QED) is 0.611. The molecule has 0 radical (unpaired) electrons. The highest BCUT2D eigenvalue weighted by Gasteiger charge is 2.38. The van der Waals surface area contributed by atoms with Gasteiger partial charge in [0.25, 0.3) is 0 Å². The maximum absolute atomic E-state index is 12.1. The zero-order chi connectivity index (χ0) is 9.78. The Morgan fingerprint density at radius 3 is 2.08 bits per heavy atom. The SMILES string of the molecule is CC(C)CC(CC=O)C(F)(F)F. The number of hydrogen-bond acceptors (Lipinski definition) is 1. The van der Waals surface area contributed by atoms with E-state index in [9.17, 15) is 18.0 Å². The van der Waals surface area contributed by atoms with Gasteiger partial charge in [0, 0.05) is 6.42 Å². The molecule has 0 aliphatic carbocycles. The molecule has 0 amide bonds. The van der Waals surface area contributed by atoms with Crippen molar-refractivity contribution in [1.82, 2.24) is 0 Å². The molecule has 0 saturated carbocycles. The van der Waals surface area contributed by atoms with Gasteiger partial charge in [0.05, 0.1) is 5.92 Å². The van der Waals surface area contributed by atoms with Crippen molar-refractivity contribution in [3.8, 4) is 0 Å². The highest BCUT2D eigenvalue weighted by molar-refractivity contribution is 5.49. The van der Waals surface area contributed by atoms with Crippen LogP contribution in [0.2, 0.25) is 0 Å². The molecule has 1 unspecified atom stereocenters. The van der Waals surface area contributed by atoms with E-state index >= 15 is 0 Å². The van der Waals surface area contributed by atoms with E-state index in [1.54, 1.807) is 13.8 Å². The first-order valence-electron chi connectivity index (χ1n) is 3.88. The molecule has 72 valence electrons. The normalized spacial score (nSPS) is 14.8. The van der Waals surface area contributed by atoms with Crippen LogP contribution >= 0.6 is 0 Å². The Balaban J connectivity index is 4.13. The van der Waals surface area contributed by atoms with E-state index in [1.165, 1.54) is 0 Å². The lowest BCUT2D eigenvalue weighted by Crippen LogP contribution is -2.24. The van der Waals surface area contributed by atoms with Gasteiger partial charge in [-0.1, -0.05) is 13.8 Å². The third-order valence-corrected chi connectivity index (χ3v) is 1.60. The molecule has 0 N–H and O–H groups in total. The van der Waals surface area contributed by atoms with E-state index in [2.05, 4.69) is 0 Å². The first-order valence-corrected chi connectivity index (χ1v) is 3.88. The minimum Gasteiger partial charge on any atom is -0.303 e. The molecule has 0 aliphatic rings. The molecule has 0 aromatic carbocycles. The van der Waals surface area contributed by atoms with Crippen LogP contribution in [-0.4, -0.2) is 12.5 Å². The molecule has 0 aromatic heterocycles. The van der Waals surface area contributed by atoms with Crippen LogP contribution < -0.4 is 0 Å². The summed E-state index contributed by atoms with van der Waals surface area (Å²) in [5.74, 6) is -1.49. The van der Waals surface area contributed by atoms with Crippen molar-refractivity contribution in [2.24, 2.45) is 11.8 Å². The van der Waals surface area contributed by atoms with Crippen LogP contribution in [-0.2, 0) is 4.79 Å². The van der Waals surface area contributed by atoms with Gasteiger partial charge in [-0.2, -0.15) is 13.2 Å². The summed E-state index contributed by atoms with van der Waals surface area (Å²) in [7, 11) is 0. The van der Waals surface area contributed by atoms with Crippen LogP contribution in [0, 0.1) is 11.8 Å². The molecule has 0 bridgehead atoms. The van der Waals surface area contributed by atoms with Gasteiger partial charge in [-0.3, -0.25) is 0 Å². The van der Waals surface area contributed by atoms with Gasteiger partial charge < -0.3 is 4.79 Å². The van der Waals surface area contributed by atoms with Crippen LogP contribution in [0.5, 0.6) is 0 Å². The fourth-order valence-electron chi connectivity index (χ4n) is 1.05. The second-order valence-corrected chi connectivity index (χ2v) is 3.27. The van der Waals surface area contributed by atoms with Gasteiger partial charge in [-0.15, -0.1) is 0 Å². The number of hydrogen-bond donors (Lipinski definition) is 0. The molecule has 1 atom stereocenters. The van der Waals surface area contributed by atoms with E-state index in [-0.39, 0.29) is 12.3 Å². The highest BCUT2D eigenvalue weighted by Crippen LogP contribution is 2.32. The molecule has 0 heterocycles. The minimum atomic E-state index is -4.23. The molecular weight excluding hydrogens is 169 g/mol. The van der Waals surface area contributed by atoms with Crippen molar-refractivity contribution in [3.63, 3.8) is 0 Å². The summed E-state index contributed by atoms with van der Waals surface area (Å²) in [6, 6.07) is 0. The molecule has 0 aliphatic heterocycles. The predicted octanol–water partition coefficient (Wildman–Crippen LogP) is 2.80. The molecule has 12 heavy (non-hydrogen) atoms. The second kappa shape index (κ2) is 4.48. The Hall–Kier alpha value is -0.540. The summed E-state index contributed by atoms with van der Waals surface area (Å²) in [5.41, 5.74) is 0. The Morgan fingerprint density at radius 1 is 1.33 bits per heavy atom. The van der Waals surface area contributed by atoms with Crippen LogP contribution in [0.1, 0.15) is 26.7 Å². The smallest absolute Gasteiger partial charge is 0.303 e. The molecule has 1 nitrogen and oxygen atoms in total. The van der Waals surface area contributed by atoms with E-state index in [4.69, 9.17) is 0 Å².